The van der Waals surface area contributed by atoms with E-state index in [1.54, 1.807) is 12.2 Å². The van der Waals surface area contributed by atoms with E-state index in [-0.39, 0.29) is 22.8 Å². The van der Waals surface area contributed by atoms with Crippen molar-refractivity contribution < 1.29 is 19.5 Å². The summed E-state index contributed by atoms with van der Waals surface area (Å²) in [5.74, 6) is 0.0594. The van der Waals surface area contributed by atoms with Crippen LogP contribution < -0.4 is 5.48 Å². The van der Waals surface area contributed by atoms with Crippen molar-refractivity contribution in [2.75, 3.05) is 19.6 Å². The average Bonchev–Trinajstić information content (AvgIpc) is 2.56. The number of nitrogens with zero attached hydrogens (tertiary/aromatic N) is 2. The van der Waals surface area contributed by atoms with Gasteiger partial charge < -0.3 is 14.8 Å². The number of ether oxygens (including phenoxy) is 1. The van der Waals surface area contributed by atoms with Crippen molar-refractivity contribution >= 4 is 55.0 Å². The molecule has 1 aliphatic rings. The van der Waals surface area contributed by atoms with Gasteiger partial charge in [0.2, 0.25) is 11.4 Å². The van der Waals surface area contributed by atoms with Crippen LogP contribution >= 0.6 is 31.9 Å². The molecule has 0 atom stereocenters. The molecule has 1 aromatic rings. The SMILES string of the molecule is C=C1C=CC=C(OC(=O)N(C)C)/C1=[N+](\[O-])c1cc(Br)c(Br)cc1NO. The van der Waals surface area contributed by atoms with E-state index in [1.165, 1.54) is 37.2 Å². The van der Waals surface area contributed by atoms with Crippen LogP contribution in [0.4, 0.5) is 16.2 Å². The predicted octanol–water partition coefficient (Wildman–Crippen LogP) is 4.30. The fourth-order valence-electron chi connectivity index (χ4n) is 1.98. The lowest BCUT2D eigenvalue weighted by Crippen LogP contribution is -2.27. The molecule has 0 saturated carbocycles. The molecule has 0 aliphatic heterocycles. The van der Waals surface area contributed by atoms with Crippen LogP contribution in [0.25, 0.3) is 0 Å². The summed E-state index contributed by atoms with van der Waals surface area (Å²) < 4.78 is 7.05. The normalized spacial score (nSPS) is 15.6. The maximum absolute atomic E-state index is 13.0. The van der Waals surface area contributed by atoms with Crippen LogP contribution in [0.15, 0.2) is 57.2 Å². The third-order valence-electron chi connectivity index (χ3n) is 3.23. The average molecular weight is 473 g/mol. The molecule has 7 nitrogen and oxygen atoms in total. The van der Waals surface area contributed by atoms with Crippen LogP contribution in [0.2, 0.25) is 0 Å². The minimum Gasteiger partial charge on any atom is -0.618 e. The number of carbonyl (C=O) groups is 1. The molecule has 0 bridgehead atoms. The molecule has 9 heteroatoms. The first kappa shape index (κ1) is 19.2. The van der Waals surface area contributed by atoms with E-state index in [2.05, 4.69) is 38.4 Å². The summed E-state index contributed by atoms with van der Waals surface area (Å²) in [7, 11) is 3.06. The summed E-state index contributed by atoms with van der Waals surface area (Å²) in [4.78, 5) is 13.1. The second-order valence-electron chi connectivity index (χ2n) is 5.22. The molecule has 2 N–H and O–H groups in total. The summed E-state index contributed by atoms with van der Waals surface area (Å²) in [6.07, 6.45) is 4.11. The Morgan fingerprint density at radius 3 is 2.60 bits per heavy atom. The number of rotatable bonds is 3. The molecular weight excluding hydrogens is 458 g/mol. The van der Waals surface area contributed by atoms with Gasteiger partial charge in [-0.2, -0.15) is 4.74 Å². The summed E-state index contributed by atoms with van der Waals surface area (Å²) in [5.41, 5.74) is 2.68. The number of nitrogens with one attached hydrogen (secondary N) is 1. The smallest absolute Gasteiger partial charge is 0.414 e. The van der Waals surface area contributed by atoms with Gasteiger partial charge in [0.25, 0.3) is 5.71 Å². The Bertz CT molecular complexity index is 829. The van der Waals surface area contributed by atoms with Gasteiger partial charge in [-0.05, 0) is 50.1 Å². The van der Waals surface area contributed by atoms with Gasteiger partial charge in [0, 0.05) is 34.7 Å². The van der Waals surface area contributed by atoms with Crippen LogP contribution in [-0.4, -0.2) is 40.7 Å². The Morgan fingerprint density at radius 1 is 1.36 bits per heavy atom. The van der Waals surface area contributed by atoms with Gasteiger partial charge in [-0.15, -0.1) is 0 Å². The number of halogens is 2. The zero-order chi connectivity index (χ0) is 18.7. The largest absolute Gasteiger partial charge is 0.618 e. The molecule has 0 saturated heterocycles. The van der Waals surface area contributed by atoms with E-state index in [1.807, 2.05) is 5.48 Å². The van der Waals surface area contributed by atoms with Crippen molar-refractivity contribution in [3.05, 3.63) is 62.4 Å². The maximum atomic E-state index is 13.0. The second kappa shape index (κ2) is 7.85. The molecule has 1 aromatic carbocycles. The van der Waals surface area contributed by atoms with Gasteiger partial charge in [-0.3, -0.25) is 10.7 Å². The Kier molecular flexibility index (Phi) is 6.04. The predicted molar refractivity (Wildman–Crippen MR) is 102 cm³/mol. The van der Waals surface area contributed by atoms with Gasteiger partial charge >= 0.3 is 6.09 Å². The van der Waals surface area contributed by atoms with E-state index in [9.17, 15) is 15.2 Å². The molecule has 2 rings (SSSR count). The third-order valence-corrected chi connectivity index (χ3v) is 5.07. The van der Waals surface area contributed by atoms with E-state index >= 15 is 0 Å². The molecule has 1 aliphatic carbocycles. The minimum absolute atomic E-state index is 0.0587. The van der Waals surface area contributed by atoms with Crippen molar-refractivity contribution in [1.29, 1.82) is 0 Å². The van der Waals surface area contributed by atoms with E-state index < -0.39 is 6.09 Å². The number of hydrogen-bond donors (Lipinski definition) is 2. The maximum Gasteiger partial charge on any atom is 0.414 e. The molecule has 0 heterocycles. The van der Waals surface area contributed by atoms with Crippen LogP contribution in [0.5, 0.6) is 0 Å². The van der Waals surface area contributed by atoms with E-state index in [0.29, 0.717) is 19.3 Å². The lowest BCUT2D eigenvalue weighted by atomic mass is 10.0. The molecule has 0 fully saturated rings. The van der Waals surface area contributed by atoms with Crippen molar-refractivity contribution in [2.24, 2.45) is 0 Å². The number of carbonyl (C=O) groups excluding carboxylic acids is 1. The summed E-state index contributed by atoms with van der Waals surface area (Å²) in [6.45, 7) is 3.82. The molecule has 0 unspecified atom stereocenters. The lowest BCUT2D eigenvalue weighted by Gasteiger charge is -2.18. The highest BCUT2D eigenvalue weighted by molar-refractivity contribution is 9.13. The van der Waals surface area contributed by atoms with Gasteiger partial charge in [-0.25, -0.2) is 4.79 Å². The van der Waals surface area contributed by atoms with Gasteiger partial charge in [0.05, 0.1) is 0 Å². The highest BCUT2D eigenvalue weighted by Crippen LogP contribution is 2.35. The summed E-state index contributed by atoms with van der Waals surface area (Å²) in [5, 5.41) is 22.3. The molecule has 0 spiro atoms. The van der Waals surface area contributed by atoms with Gasteiger partial charge in [0.15, 0.2) is 0 Å². The van der Waals surface area contributed by atoms with Gasteiger partial charge in [-0.1, -0.05) is 12.7 Å². The molecule has 132 valence electrons. The monoisotopic (exact) mass is 471 g/mol. The first-order valence-corrected chi connectivity index (χ1v) is 8.55. The topological polar surface area (TPSA) is 87.9 Å². The van der Waals surface area contributed by atoms with E-state index in [0.717, 1.165) is 0 Å². The zero-order valence-corrected chi connectivity index (χ0v) is 16.6. The summed E-state index contributed by atoms with van der Waals surface area (Å²) in [6, 6.07) is 3.04. The third kappa shape index (κ3) is 4.12. The van der Waals surface area contributed by atoms with Crippen LogP contribution in [0, 0.1) is 5.21 Å². The van der Waals surface area contributed by atoms with Crippen LogP contribution in [0.3, 0.4) is 0 Å². The molecule has 25 heavy (non-hydrogen) atoms. The first-order chi connectivity index (χ1) is 11.8. The van der Waals surface area contributed by atoms with Crippen LogP contribution in [-0.2, 0) is 4.74 Å². The van der Waals surface area contributed by atoms with Crippen molar-refractivity contribution in [3.63, 3.8) is 0 Å². The Hall–Kier alpha value is -2.10. The zero-order valence-electron chi connectivity index (χ0n) is 13.4. The number of amides is 1. The first-order valence-electron chi connectivity index (χ1n) is 6.96. The number of hydrogen-bond acceptors (Lipinski definition) is 5. The molecule has 0 aromatic heterocycles. The Labute approximate surface area is 161 Å². The minimum atomic E-state index is -0.627. The number of anilines is 1. The summed E-state index contributed by atoms with van der Waals surface area (Å²) >= 11 is 6.62. The Morgan fingerprint density at radius 2 is 2.00 bits per heavy atom. The van der Waals surface area contributed by atoms with Crippen molar-refractivity contribution in [1.82, 2.24) is 4.90 Å². The standard InChI is InChI=1S/C16H15Br2N3O4/c1-9-5-4-6-14(25-16(22)20(2)3)15(9)21(24)13-8-11(18)10(17)7-12(13)19-23/h4-8,19,23H,1H2,2-3H3/b21-15-. The molecule has 1 amide bonds. The second-order valence-corrected chi connectivity index (χ2v) is 6.92. The van der Waals surface area contributed by atoms with Crippen LogP contribution in [0.1, 0.15) is 0 Å². The van der Waals surface area contributed by atoms with Gasteiger partial charge in [0.1, 0.15) is 5.69 Å². The number of benzene rings is 1. The lowest BCUT2D eigenvalue weighted by molar-refractivity contribution is -0.359. The highest BCUT2D eigenvalue weighted by Gasteiger charge is 2.28. The quantitative estimate of drug-likeness (QED) is 0.389. The fraction of sp³-hybridized carbons (Fsp3) is 0.125. The van der Waals surface area contributed by atoms with E-state index in [4.69, 9.17) is 4.74 Å². The molecule has 0 radical (unpaired) electrons. The van der Waals surface area contributed by atoms with Crippen molar-refractivity contribution in [3.8, 4) is 0 Å². The fourth-order valence-corrected chi connectivity index (χ4v) is 2.66. The molecular formula is C16H15Br2N3O4. The number of allylic oxidation sites excluding steroid dienone is 4. The highest BCUT2D eigenvalue weighted by atomic mass is 79.9. The Balaban J connectivity index is 2.60. The van der Waals surface area contributed by atoms with Crippen molar-refractivity contribution in [2.45, 2.75) is 0 Å².